The van der Waals surface area contributed by atoms with E-state index in [4.69, 9.17) is 9.84 Å². The second-order valence-corrected chi connectivity index (χ2v) is 4.99. The number of hydrogen-bond donors (Lipinski definition) is 1. The summed E-state index contributed by atoms with van der Waals surface area (Å²) < 4.78 is 5.23. The van der Waals surface area contributed by atoms with E-state index >= 15 is 0 Å². The van der Waals surface area contributed by atoms with Crippen LogP contribution in [0.2, 0.25) is 0 Å². The monoisotopic (exact) mass is 242 g/mol. The van der Waals surface area contributed by atoms with Crippen LogP contribution in [0.1, 0.15) is 40.5 Å². The van der Waals surface area contributed by atoms with Crippen molar-refractivity contribution in [2.45, 2.75) is 46.6 Å². The van der Waals surface area contributed by atoms with Gasteiger partial charge in [0.1, 0.15) is 6.10 Å². The van der Waals surface area contributed by atoms with Crippen LogP contribution in [-0.4, -0.2) is 23.1 Å². The number of carboxylic acids is 1. The highest BCUT2D eigenvalue weighted by Crippen LogP contribution is 2.16. The normalized spacial score (nSPS) is 11.7. The van der Waals surface area contributed by atoms with Gasteiger partial charge in [0.05, 0.1) is 0 Å². The maximum absolute atomic E-state index is 11.3. The lowest BCUT2D eigenvalue weighted by atomic mass is 9.98. The molecule has 0 unspecified atom stereocenters. The minimum Gasteiger partial charge on any atom is -0.478 e. The Hall–Kier alpha value is -1.32. The van der Waals surface area contributed by atoms with Crippen molar-refractivity contribution in [2.24, 2.45) is 11.8 Å². The molecule has 98 valence electrons. The smallest absolute Gasteiger partial charge is 0.331 e. The molecule has 0 aromatic carbocycles. The summed E-state index contributed by atoms with van der Waals surface area (Å²) >= 11 is 0. The molecule has 0 fully saturated rings. The fourth-order valence-corrected chi connectivity index (χ4v) is 1.59. The first-order valence-electron chi connectivity index (χ1n) is 5.92. The predicted octanol–water partition coefficient (Wildman–Crippen LogP) is 2.63. The van der Waals surface area contributed by atoms with Crippen molar-refractivity contribution in [1.29, 1.82) is 0 Å². The quantitative estimate of drug-likeness (QED) is 0.550. The Kier molecular flexibility index (Phi) is 7.26. The Labute approximate surface area is 103 Å². The van der Waals surface area contributed by atoms with Crippen LogP contribution >= 0.6 is 0 Å². The number of rotatable bonds is 7. The van der Waals surface area contributed by atoms with E-state index in [1.54, 1.807) is 0 Å². The molecular formula is C13H22O4. The SMILES string of the molecule is CC(C)CC(CC(C)C)OC(=O)/C=C/C(=O)O. The van der Waals surface area contributed by atoms with Crippen molar-refractivity contribution < 1.29 is 19.4 Å². The van der Waals surface area contributed by atoms with Crippen molar-refractivity contribution in [2.75, 3.05) is 0 Å². The first-order valence-corrected chi connectivity index (χ1v) is 5.92. The van der Waals surface area contributed by atoms with Gasteiger partial charge in [-0.3, -0.25) is 0 Å². The maximum atomic E-state index is 11.3. The Morgan fingerprint density at radius 1 is 1.06 bits per heavy atom. The van der Waals surface area contributed by atoms with Gasteiger partial charge in [0, 0.05) is 12.2 Å². The minimum absolute atomic E-state index is 0.138. The van der Waals surface area contributed by atoms with Crippen LogP contribution in [0.4, 0.5) is 0 Å². The molecule has 0 bridgehead atoms. The van der Waals surface area contributed by atoms with E-state index in [0.29, 0.717) is 11.8 Å². The lowest BCUT2D eigenvalue weighted by Crippen LogP contribution is -2.21. The van der Waals surface area contributed by atoms with E-state index in [2.05, 4.69) is 27.7 Å². The zero-order valence-corrected chi connectivity index (χ0v) is 11.0. The summed E-state index contributed by atoms with van der Waals surface area (Å²) in [6.07, 6.45) is 3.21. The second kappa shape index (κ2) is 7.87. The molecule has 0 radical (unpaired) electrons. The lowest BCUT2D eigenvalue weighted by Gasteiger charge is -2.20. The highest BCUT2D eigenvalue weighted by Gasteiger charge is 2.16. The molecule has 0 rings (SSSR count). The molecule has 0 aliphatic heterocycles. The zero-order valence-electron chi connectivity index (χ0n) is 11.0. The summed E-state index contributed by atoms with van der Waals surface area (Å²) in [5.74, 6) is -0.852. The number of ether oxygens (including phenoxy) is 1. The van der Waals surface area contributed by atoms with E-state index in [0.717, 1.165) is 25.0 Å². The van der Waals surface area contributed by atoms with Gasteiger partial charge in [-0.05, 0) is 24.7 Å². The van der Waals surface area contributed by atoms with E-state index in [1.807, 2.05) is 0 Å². The molecule has 4 nitrogen and oxygen atoms in total. The third-order valence-corrected chi connectivity index (χ3v) is 2.11. The fraction of sp³-hybridized carbons (Fsp3) is 0.692. The standard InChI is InChI=1S/C13H22O4/c1-9(2)7-11(8-10(3)4)17-13(16)6-5-12(14)15/h5-6,9-11H,7-8H2,1-4H3,(H,14,15)/b6-5+. The van der Waals surface area contributed by atoms with Gasteiger partial charge < -0.3 is 9.84 Å². The van der Waals surface area contributed by atoms with Crippen molar-refractivity contribution in [3.8, 4) is 0 Å². The molecular weight excluding hydrogens is 220 g/mol. The third-order valence-electron chi connectivity index (χ3n) is 2.11. The van der Waals surface area contributed by atoms with E-state index in [9.17, 15) is 9.59 Å². The number of hydrogen-bond acceptors (Lipinski definition) is 3. The Balaban J connectivity index is 4.31. The molecule has 17 heavy (non-hydrogen) atoms. The number of carboxylic acid groups (broad SMARTS) is 1. The molecule has 0 saturated carbocycles. The molecule has 0 spiro atoms. The molecule has 0 saturated heterocycles. The van der Waals surface area contributed by atoms with Crippen LogP contribution in [0.25, 0.3) is 0 Å². The molecule has 0 aliphatic carbocycles. The largest absolute Gasteiger partial charge is 0.478 e. The lowest BCUT2D eigenvalue weighted by molar-refractivity contribution is -0.145. The highest BCUT2D eigenvalue weighted by molar-refractivity contribution is 5.90. The number of esters is 1. The van der Waals surface area contributed by atoms with Gasteiger partial charge in [-0.1, -0.05) is 27.7 Å². The number of aliphatic carboxylic acids is 1. The summed E-state index contributed by atoms with van der Waals surface area (Å²) in [4.78, 5) is 21.6. The van der Waals surface area contributed by atoms with Crippen molar-refractivity contribution >= 4 is 11.9 Å². The first kappa shape index (κ1) is 15.7. The fourth-order valence-electron chi connectivity index (χ4n) is 1.59. The Morgan fingerprint density at radius 3 is 1.88 bits per heavy atom. The van der Waals surface area contributed by atoms with Crippen molar-refractivity contribution in [1.82, 2.24) is 0 Å². The van der Waals surface area contributed by atoms with E-state index in [-0.39, 0.29) is 6.10 Å². The van der Waals surface area contributed by atoms with Crippen LogP contribution < -0.4 is 0 Å². The molecule has 4 heteroatoms. The van der Waals surface area contributed by atoms with Crippen LogP contribution in [0.15, 0.2) is 12.2 Å². The Bertz CT molecular complexity index is 269. The zero-order chi connectivity index (χ0) is 13.4. The predicted molar refractivity (Wildman–Crippen MR) is 65.6 cm³/mol. The molecule has 1 N–H and O–H groups in total. The number of carbonyl (C=O) groups excluding carboxylic acids is 1. The van der Waals surface area contributed by atoms with Gasteiger partial charge in [0.2, 0.25) is 0 Å². The van der Waals surface area contributed by atoms with Crippen LogP contribution in [-0.2, 0) is 14.3 Å². The van der Waals surface area contributed by atoms with Crippen LogP contribution in [0.5, 0.6) is 0 Å². The molecule has 0 aliphatic rings. The molecule has 0 aromatic rings. The van der Waals surface area contributed by atoms with Gasteiger partial charge in [-0.2, -0.15) is 0 Å². The molecule has 0 heterocycles. The van der Waals surface area contributed by atoms with E-state index in [1.165, 1.54) is 0 Å². The van der Waals surface area contributed by atoms with Crippen molar-refractivity contribution in [3.63, 3.8) is 0 Å². The maximum Gasteiger partial charge on any atom is 0.331 e. The topological polar surface area (TPSA) is 63.6 Å². The summed E-state index contributed by atoms with van der Waals surface area (Å²) in [6, 6.07) is 0. The summed E-state index contributed by atoms with van der Waals surface area (Å²) in [7, 11) is 0. The van der Waals surface area contributed by atoms with E-state index < -0.39 is 11.9 Å². The average Bonchev–Trinajstić information content (AvgIpc) is 2.12. The van der Waals surface area contributed by atoms with Gasteiger partial charge in [0.25, 0.3) is 0 Å². The van der Waals surface area contributed by atoms with Crippen LogP contribution in [0.3, 0.4) is 0 Å². The highest BCUT2D eigenvalue weighted by atomic mass is 16.5. The second-order valence-electron chi connectivity index (χ2n) is 4.99. The molecule has 0 amide bonds. The number of carbonyl (C=O) groups is 2. The van der Waals surface area contributed by atoms with Gasteiger partial charge in [0.15, 0.2) is 0 Å². The van der Waals surface area contributed by atoms with Gasteiger partial charge in [-0.15, -0.1) is 0 Å². The van der Waals surface area contributed by atoms with Crippen molar-refractivity contribution in [3.05, 3.63) is 12.2 Å². The minimum atomic E-state index is -1.15. The van der Waals surface area contributed by atoms with Crippen LogP contribution in [0, 0.1) is 11.8 Å². The Morgan fingerprint density at radius 2 is 1.53 bits per heavy atom. The summed E-state index contributed by atoms with van der Waals surface area (Å²) in [5, 5.41) is 8.39. The van der Waals surface area contributed by atoms with Gasteiger partial charge >= 0.3 is 11.9 Å². The molecule has 0 atom stereocenters. The third kappa shape index (κ3) is 9.60. The van der Waals surface area contributed by atoms with Gasteiger partial charge in [-0.25, -0.2) is 9.59 Å². The summed E-state index contributed by atoms with van der Waals surface area (Å²) in [5.41, 5.74) is 0. The molecule has 0 aromatic heterocycles. The summed E-state index contributed by atoms with van der Waals surface area (Å²) in [6.45, 7) is 8.25. The first-order chi connectivity index (χ1) is 7.81. The average molecular weight is 242 g/mol.